The smallest absolute Gasteiger partial charge is 0.119 e. The lowest BCUT2D eigenvalue weighted by Gasteiger charge is -2.13. The van der Waals surface area contributed by atoms with Gasteiger partial charge in [-0.2, -0.15) is 0 Å². The summed E-state index contributed by atoms with van der Waals surface area (Å²) in [6.45, 7) is 2.05. The van der Waals surface area contributed by atoms with Crippen molar-refractivity contribution in [2.45, 2.75) is 38.7 Å². The van der Waals surface area contributed by atoms with Gasteiger partial charge in [-0.1, -0.05) is 19.1 Å². The average Bonchev–Trinajstić information content (AvgIpc) is 2.71. The van der Waals surface area contributed by atoms with Crippen LogP contribution in [0.15, 0.2) is 24.3 Å². The molecule has 0 aromatic heterocycles. The first-order chi connectivity index (χ1) is 6.88. The summed E-state index contributed by atoms with van der Waals surface area (Å²) in [6.07, 6.45) is 7.65. The van der Waals surface area contributed by atoms with E-state index in [0.717, 1.165) is 5.75 Å². The molecule has 75 valence electrons. The van der Waals surface area contributed by atoms with Crippen molar-refractivity contribution in [1.82, 2.24) is 0 Å². The molecule has 1 nitrogen and oxygen atoms in total. The van der Waals surface area contributed by atoms with Crippen LogP contribution in [-0.2, 0) is 0 Å². The normalized spacial score (nSPS) is 17.2. The number of benzene rings is 1. The SMILES string of the molecule is C[CH]c1cccc(OC2CCCC2)c1. The topological polar surface area (TPSA) is 9.23 Å². The second-order valence-corrected chi connectivity index (χ2v) is 3.89. The molecule has 1 heteroatoms. The van der Waals surface area contributed by atoms with Crippen LogP contribution in [0.25, 0.3) is 0 Å². The van der Waals surface area contributed by atoms with Gasteiger partial charge in [0.2, 0.25) is 0 Å². The Labute approximate surface area is 86.1 Å². The summed E-state index contributed by atoms with van der Waals surface area (Å²) in [4.78, 5) is 0. The van der Waals surface area contributed by atoms with Gasteiger partial charge in [-0.3, -0.25) is 0 Å². The second kappa shape index (κ2) is 4.50. The zero-order valence-corrected chi connectivity index (χ0v) is 8.70. The predicted molar refractivity (Wildman–Crippen MR) is 58.4 cm³/mol. The lowest BCUT2D eigenvalue weighted by atomic mass is 10.1. The van der Waals surface area contributed by atoms with Gasteiger partial charge in [0.1, 0.15) is 5.75 Å². The number of rotatable bonds is 3. The molecule has 1 aromatic rings. The van der Waals surface area contributed by atoms with E-state index >= 15 is 0 Å². The van der Waals surface area contributed by atoms with Crippen LogP contribution in [0.5, 0.6) is 5.75 Å². The summed E-state index contributed by atoms with van der Waals surface area (Å²) < 4.78 is 5.90. The van der Waals surface area contributed by atoms with Crippen LogP contribution in [0.2, 0.25) is 0 Å². The zero-order valence-electron chi connectivity index (χ0n) is 8.70. The third kappa shape index (κ3) is 2.28. The largest absolute Gasteiger partial charge is 0.490 e. The van der Waals surface area contributed by atoms with Crippen LogP contribution in [0.1, 0.15) is 38.2 Å². The summed E-state index contributed by atoms with van der Waals surface area (Å²) in [7, 11) is 0. The predicted octanol–water partition coefficient (Wildman–Crippen LogP) is 3.58. The van der Waals surface area contributed by atoms with Crippen LogP contribution < -0.4 is 4.74 Å². The minimum absolute atomic E-state index is 0.460. The van der Waals surface area contributed by atoms with Gasteiger partial charge in [-0.05, 0) is 49.8 Å². The van der Waals surface area contributed by atoms with Crippen molar-refractivity contribution in [2.24, 2.45) is 0 Å². The fourth-order valence-corrected chi connectivity index (χ4v) is 1.97. The summed E-state index contributed by atoms with van der Waals surface area (Å²) >= 11 is 0. The van der Waals surface area contributed by atoms with Crippen molar-refractivity contribution in [1.29, 1.82) is 0 Å². The van der Waals surface area contributed by atoms with Crippen molar-refractivity contribution in [3.63, 3.8) is 0 Å². The quantitative estimate of drug-likeness (QED) is 0.706. The van der Waals surface area contributed by atoms with Crippen molar-refractivity contribution in [3.8, 4) is 5.75 Å². The van der Waals surface area contributed by atoms with E-state index in [1.54, 1.807) is 0 Å². The molecular formula is C13H17O. The van der Waals surface area contributed by atoms with E-state index in [0.29, 0.717) is 6.10 Å². The Balaban J connectivity index is 2.00. The number of hydrogen-bond donors (Lipinski definition) is 0. The summed E-state index contributed by atoms with van der Waals surface area (Å²) in [5, 5.41) is 0. The van der Waals surface area contributed by atoms with E-state index < -0.39 is 0 Å². The maximum atomic E-state index is 5.90. The fourth-order valence-electron chi connectivity index (χ4n) is 1.97. The molecule has 0 N–H and O–H groups in total. The van der Waals surface area contributed by atoms with E-state index in [2.05, 4.69) is 31.5 Å². The van der Waals surface area contributed by atoms with E-state index in [9.17, 15) is 0 Å². The summed E-state index contributed by atoms with van der Waals surface area (Å²) in [6, 6.07) is 8.31. The molecule has 0 aliphatic heterocycles. The van der Waals surface area contributed by atoms with Gasteiger partial charge in [0.05, 0.1) is 6.10 Å². The molecular weight excluding hydrogens is 172 g/mol. The number of ether oxygens (including phenoxy) is 1. The molecule has 0 spiro atoms. The second-order valence-electron chi connectivity index (χ2n) is 3.89. The van der Waals surface area contributed by atoms with Crippen LogP contribution in [0, 0.1) is 6.42 Å². The maximum absolute atomic E-state index is 5.90. The van der Waals surface area contributed by atoms with Gasteiger partial charge in [-0.15, -0.1) is 0 Å². The molecule has 0 bridgehead atoms. The van der Waals surface area contributed by atoms with E-state index in [1.165, 1.54) is 31.2 Å². The zero-order chi connectivity index (χ0) is 9.80. The first kappa shape index (κ1) is 9.57. The first-order valence-electron chi connectivity index (χ1n) is 5.44. The molecule has 1 aliphatic rings. The minimum atomic E-state index is 0.460. The molecule has 1 saturated carbocycles. The summed E-state index contributed by atoms with van der Waals surface area (Å²) in [5.74, 6) is 1.02. The van der Waals surface area contributed by atoms with Crippen molar-refractivity contribution >= 4 is 0 Å². The molecule has 14 heavy (non-hydrogen) atoms. The van der Waals surface area contributed by atoms with Crippen LogP contribution >= 0.6 is 0 Å². The molecule has 0 amide bonds. The highest BCUT2D eigenvalue weighted by Gasteiger charge is 2.16. The third-order valence-corrected chi connectivity index (χ3v) is 2.80. The standard InChI is InChI=1S/C13H17O/c1-2-11-6-5-9-13(10-11)14-12-7-3-4-8-12/h2,5-6,9-10,12H,3-4,7-8H2,1H3. The van der Waals surface area contributed by atoms with Gasteiger partial charge in [0, 0.05) is 0 Å². The van der Waals surface area contributed by atoms with Crippen LogP contribution in [0.3, 0.4) is 0 Å². The van der Waals surface area contributed by atoms with Crippen molar-refractivity contribution in [3.05, 3.63) is 36.2 Å². The highest BCUT2D eigenvalue weighted by molar-refractivity contribution is 5.32. The van der Waals surface area contributed by atoms with Crippen molar-refractivity contribution < 1.29 is 4.74 Å². The van der Waals surface area contributed by atoms with Gasteiger partial charge >= 0.3 is 0 Å². The highest BCUT2D eigenvalue weighted by Crippen LogP contribution is 2.24. The van der Waals surface area contributed by atoms with E-state index in [-0.39, 0.29) is 0 Å². The lowest BCUT2D eigenvalue weighted by molar-refractivity contribution is 0.210. The fraction of sp³-hybridized carbons (Fsp3) is 0.462. The molecule has 0 unspecified atom stereocenters. The maximum Gasteiger partial charge on any atom is 0.119 e. The lowest BCUT2D eigenvalue weighted by Crippen LogP contribution is -2.10. The van der Waals surface area contributed by atoms with Crippen LogP contribution in [-0.4, -0.2) is 6.10 Å². The molecule has 1 radical (unpaired) electrons. The Morgan fingerprint density at radius 2 is 2.07 bits per heavy atom. The van der Waals surface area contributed by atoms with Gasteiger partial charge in [-0.25, -0.2) is 0 Å². The minimum Gasteiger partial charge on any atom is -0.490 e. The van der Waals surface area contributed by atoms with Crippen LogP contribution in [0.4, 0.5) is 0 Å². The number of hydrogen-bond acceptors (Lipinski definition) is 1. The Hall–Kier alpha value is -0.980. The highest BCUT2D eigenvalue weighted by atomic mass is 16.5. The first-order valence-corrected chi connectivity index (χ1v) is 5.44. The molecule has 2 rings (SSSR count). The Morgan fingerprint density at radius 1 is 1.29 bits per heavy atom. The molecule has 1 aromatic carbocycles. The third-order valence-electron chi connectivity index (χ3n) is 2.80. The molecule has 0 atom stereocenters. The Kier molecular flexibility index (Phi) is 3.07. The molecule has 0 saturated heterocycles. The van der Waals surface area contributed by atoms with Gasteiger partial charge in [0.15, 0.2) is 0 Å². The Morgan fingerprint density at radius 3 is 2.79 bits per heavy atom. The molecule has 1 fully saturated rings. The average molecular weight is 189 g/mol. The Bertz CT molecular complexity index is 287. The van der Waals surface area contributed by atoms with Gasteiger partial charge in [0.25, 0.3) is 0 Å². The molecule has 0 heterocycles. The summed E-state index contributed by atoms with van der Waals surface area (Å²) in [5.41, 5.74) is 1.24. The van der Waals surface area contributed by atoms with Gasteiger partial charge < -0.3 is 4.74 Å². The van der Waals surface area contributed by atoms with Crippen molar-refractivity contribution in [2.75, 3.05) is 0 Å². The molecule has 1 aliphatic carbocycles. The van der Waals surface area contributed by atoms with E-state index in [1.807, 2.05) is 6.07 Å². The monoisotopic (exact) mass is 189 g/mol. The van der Waals surface area contributed by atoms with E-state index in [4.69, 9.17) is 4.74 Å².